The Morgan fingerprint density at radius 1 is 0.321 bits per heavy atom. The number of thiol groups is 2. The topological polar surface area (TPSA) is 13.0 Å². The molecule has 56 heavy (non-hydrogen) atoms. The SMILES string of the molecule is C[SH]1C2=C(c3ccccc31)N(c1ccccc1)B(c1ccc(B3N(c4ccccc4)C4=C(N3c3ccccc3)[SH](C)c3ccccc34)cc1)N2c1ccccc1. The van der Waals surface area contributed by atoms with Crippen LogP contribution in [0, 0.1) is 0 Å². The first-order valence-electron chi connectivity index (χ1n) is 19.3. The molecule has 4 nitrogen and oxygen atoms in total. The van der Waals surface area contributed by atoms with E-state index in [0.717, 1.165) is 0 Å². The van der Waals surface area contributed by atoms with E-state index in [1.54, 1.807) is 0 Å². The van der Waals surface area contributed by atoms with Crippen LogP contribution in [0.3, 0.4) is 0 Å². The Kier molecular flexibility index (Phi) is 7.97. The van der Waals surface area contributed by atoms with Gasteiger partial charge in [0.1, 0.15) is 0 Å². The molecular weight excluding hydrogens is 718 g/mol. The van der Waals surface area contributed by atoms with Gasteiger partial charge in [-0.3, -0.25) is 0 Å². The Balaban J connectivity index is 1.08. The molecule has 0 aliphatic carbocycles. The molecule has 4 heterocycles. The fraction of sp³-hybridized carbons (Fsp3) is 0.0417. The van der Waals surface area contributed by atoms with Gasteiger partial charge in [-0.15, -0.1) is 0 Å². The minimum atomic E-state index is -0.580. The standard InChI is InChI=1S/C48H40B2N4S2/c1-55-43-29-17-15-27-41(43)45-47(55)53(39-23-11-5-12-24-39)49(51(45)37-19-7-3-8-20-37)35-31-33-36(34-32-35)50-52(38-21-9-4-10-22-38)46-42-28-16-18-30-44(42)56(2)48(46)54(50)40-25-13-6-14-26-40/h3-34,55-56H,1-2H3. The van der Waals surface area contributed by atoms with Crippen LogP contribution in [0.25, 0.3) is 11.4 Å². The summed E-state index contributed by atoms with van der Waals surface area (Å²) >= 11 is 0. The third kappa shape index (κ3) is 4.99. The smallest absolute Gasteiger partial charge is 0.359 e. The molecule has 4 aliphatic heterocycles. The summed E-state index contributed by atoms with van der Waals surface area (Å²) in [4.78, 5) is 13.3. The molecule has 0 aromatic heterocycles. The number of hydrogen-bond donors (Lipinski definition) is 2. The maximum absolute atomic E-state index is 2.63. The summed E-state index contributed by atoms with van der Waals surface area (Å²) in [6.45, 7) is -0.121. The van der Waals surface area contributed by atoms with Crippen molar-refractivity contribution in [2.45, 2.75) is 9.79 Å². The molecule has 2 unspecified atom stereocenters. The van der Waals surface area contributed by atoms with E-state index >= 15 is 0 Å². The zero-order chi connectivity index (χ0) is 37.3. The van der Waals surface area contributed by atoms with Crippen LogP contribution in [0.1, 0.15) is 11.1 Å². The van der Waals surface area contributed by atoms with Crippen molar-refractivity contribution in [1.29, 1.82) is 0 Å². The first kappa shape index (κ1) is 33.4. The highest BCUT2D eigenvalue weighted by atomic mass is 32.2. The summed E-state index contributed by atoms with van der Waals surface area (Å²) in [6, 6.07) is 71.7. The zero-order valence-corrected chi connectivity index (χ0v) is 33.1. The lowest BCUT2D eigenvalue weighted by molar-refractivity contribution is 1.32. The third-order valence-electron chi connectivity index (χ3n) is 11.7. The molecular formula is C48H40B2N4S2. The van der Waals surface area contributed by atoms with Gasteiger partial charge in [0.25, 0.3) is 0 Å². The lowest BCUT2D eigenvalue weighted by atomic mass is 9.60. The molecule has 0 bridgehead atoms. The number of fused-ring (bicyclic) bond motifs is 4. The molecule has 2 atom stereocenters. The van der Waals surface area contributed by atoms with Crippen LogP contribution in [0.15, 0.2) is 214 Å². The molecule has 0 amide bonds. The van der Waals surface area contributed by atoms with Gasteiger partial charge in [-0.05, 0) is 84.1 Å². The molecule has 0 radical (unpaired) electrons. The second-order valence-corrected chi connectivity index (χ2v) is 18.8. The fourth-order valence-electron chi connectivity index (χ4n) is 9.31. The Morgan fingerprint density at radius 2 is 0.607 bits per heavy atom. The van der Waals surface area contributed by atoms with Crippen LogP contribution in [-0.4, -0.2) is 26.5 Å². The lowest BCUT2D eigenvalue weighted by Gasteiger charge is -2.36. The number of rotatable bonds is 6. The van der Waals surface area contributed by atoms with Gasteiger partial charge in [0.05, 0.1) is 21.5 Å². The van der Waals surface area contributed by atoms with Gasteiger partial charge >= 0.3 is 14.0 Å². The Bertz CT molecular complexity index is 2470. The number of hydrogen-bond acceptors (Lipinski definition) is 4. The fourth-order valence-corrected chi connectivity index (χ4v) is 13.7. The van der Waals surface area contributed by atoms with Crippen LogP contribution in [0.5, 0.6) is 0 Å². The molecule has 0 saturated heterocycles. The van der Waals surface area contributed by atoms with Gasteiger partial charge in [0.15, 0.2) is 0 Å². The number of para-hydroxylation sites is 4. The summed E-state index contributed by atoms with van der Waals surface area (Å²) in [5, 5.41) is 2.84. The maximum atomic E-state index is 2.63. The summed E-state index contributed by atoms with van der Waals surface area (Å²) in [5.74, 6) is 0. The van der Waals surface area contributed by atoms with E-state index < -0.39 is 21.8 Å². The van der Waals surface area contributed by atoms with Gasteiger partial charge in [-0.25, -0.2) is 0 Å². The van der Waals surface area contributed by atoms with E-state index in [1.807, 2.05) is 0 Å². The normalized spacial score (nSPS) is 19.5. The highest BCUT2D eigenvalue weighted by Crippen LogP contribution is 2.61. The highest BCUT2D eigenvalue weighted by Gasteiger charge is 2.52. The summed E-state index contributed by atoms with van der Waals surface area (Å²) in [6.07, 6.45) is 4.87. The van der Waals surface area contributed by atoms with Crippen molar-refractivity contribution >= 4 is 80.8 Å². The van der Waals surface area contributed by atoms with Crippen molar-refractivity contribution in [1.82, 2.24) is 0 Å². The van der Waals surface area contributed by atoms with Crippen LogP contribution >= 0.6 is 21.8 Å². The highest BCUT2D eigenvalue weighted by molar-refractivity contribution is 8.21. The van der Waals surface area contributed by atoms with Crippen molar-refractivity contribution in [3.05, 3.63) is 215 Å². The summed E-state index contributed by atoms with van der Waals surface area (Å²) in [5.41, 5.74) is 12.7. The molecule has 7 aromatic carbocycles. The largest absolute Gasteiger partial charge is 0.421 e. The molecule has 7 aromatic rings. The zero-order valence-electron chi connectivity index (χ0n) is 31.3. The minimum absolute atomic E-state index is 0.0605. The quantitative estimate of drug-likeness (QED) is 0.130. The summed E-state index contributed by atoms with van der Waals surface area (Å²) < 4.78 is 0. The van der Waals surface area contributed by atoms with Crippen molar-refractivity contribution in [3.8, 4) is 0 Å². The van der Waals surface area contributed by atoms with Crippen molar-refractivity contribution in [3.63, 3.8) is 0 Å². The van der Waals surface area contributed by atoms with Crippen molar-refractivity contribution in [2.75, 3.05) is 31.8 Å². The predicted octanol–water partition coefficient (Wildman–Crippen LogP) is 9.79. The van der Waals surface area contributed by atoms with Crippen LogP contribution in [-0.2, 0) is 0 Å². The Labute approximate surface area is 336 Å². The number of anilines is 4. The maximum Gasteiger partial charge on any atom is 0.421 e. The third-order valence-corrected chi connectivity index (χ3v) is 16.0. The van der Waals surface area contributed by atoms with Gasteiger partial charge in [0.2, 0.25) is 0 Å². The monoisotopic (exact) mass is 758 g/mol. The molecule has 270 valence electrons. The van der Waals surface area contributed by atoms with Crippen molar-refractivity contribution in [2.24, 2.45) is 0 Å². The molecule has 11 rings (SSSR count). The van der Waals surface area contributed by atoms with Gasteiger partial charge in [0, 0.05) is 43.7 Å². The van der Waals surface area contributed by atoms with Gasteiger partial charge < -0.3 is 19.2 Å². The van der Waals surface area contributed by atoms with E-state index in [9.17, 15) is 0 Å². The van der Waals surface area contributed by atoms with Crippen LogP contribution < -0.4 is 30.2 Å². The van der Waals surface area contributed by atoms with E-state index in [-0.39, 0.29) is 14.0 Å². The average Bonchev–Trinajstić information content (AvgIpc) is 3.98. The molecule has 0 saturated carbocycles. The van der Waals surface area contributed by atoms with Crippen LogP contribution in [0.2, 0.25) is 0 Å². The number of nitrogens with zero attached hydrogens (tertiary/aromatic N) is 4. The van der Waals surface area contributed by atoms with Gasteiger partial charge in [-0.2, -0.15) is 21.8 Å². The predicted molar refractivity (Wildman–Crippen MR) is 246 cm³/mol. The first-order valence-corrected chi connectivity index (χ1v) is 22.9. The summed E-state index contributed by atoms with van der Waals surface area (Å²) in [7, 11) is -1.16. The molecule has 8 heteroatoms. The first-order chi connectivity index (χ1) is 27.7. The van der Waals surface area contributed by atoms with E-state index in [2.05, 4.69) is 226 Å². The minimum Gasteiger partial charge on any atom is -0.359 e. The number of benzene rings is 7. The Hall–Kier alpha value is -5.95. The molecule has 4 aliphatic rings. The second kappa shape index (κ2) is 13.4. The van der Waals surface area contributed by atoms with E-state index in [4.69, 9.17) is 0 Å². The lowest BCUT2D eigenvalue weighted by Crippen LogP contribution is -2.57. The molecule has 0 spiro atoms. The van der Waals surface area contributed by atoms with E-state index in [1.165, 1.54) is 76.0 Å². The van der Waals surface area contributed by atoms with Gasteiger partial charge in [-0.1, -0.05) is 133 Å². The average molecular weight is 759 g/mol. The van der Waals surface area contributed by atoms with Crippen LogP contribution in [0.4, 0.5) is 22.7 Å². The Morgan fingerprint density at radius 3 is 0.946 bits per heavy atom. The molecule has 0 N–H and O–H groups in total. The molecule has 0 fully saturated rings. The van der Waals surface area contributed by atoms with Crippen molar-refractivity contribution < 1.29 is 0 Å². The second-order valence-electron chi connectivity index (χ2n) is 14.7. The van der Waals surface area contributed by atoms with E-state index in [0.29, 0.717) is 0 Å².